The van der Waals surface area contributed by atoms with Gasteiger partial charge in [-0.25, -0.2) is 4.39 Å². The van der Waals surface area contributed by atoms with E-state index in [1.807, 2.05) is 19.2 Å². The average Bonchev–Trinajstić information content (AvgIpc) is 2.87. The van der Waals surface area contributed by atoms with Crippen LogP contribution >= 0.6 is 11.9 Å². The van der Waals surface area contributed by atoms with Crippen LogP contribution in [0.25, 0.3) is 0 Å². The van der Waals surface area contributed by atoms with Crippen LogP contribution in [0.3, 0.4) is 0 Å². The van der Waals surface area contributed by atoms with E-state index in [-0.39, 0.29) is 11.7 Å². The molecule has 2 atom stereocenters. The van der Waals surface area contributed by atoms with E-state index in [4.69, 9.17) is 0 Å². The molecule has 4 nitrogen and oxygen atoms in total. The zero-order chi connectivity index (χ0) is 26.5. The first-order valence-corrected chi connectivity index (χ1v) is 13.1. The molecule has 1 aromatic heterocycles. The summed E-state index contributed by atoms with van der Waals surface area (Å²) in [4.78, 5) is 8.68. The predicted octanol–water partition coefficient (Wildman–Crippen LogP) is 7.31. The highest BCUT2D eigenvalue weighted by Gasteiger charge is 2.45. The Bertz CT molecular complexity index is 1220. The maximum atomic E-state index is 13.6. The number of halogens is 4. The second-order valence-electron chi connectivity index (χ2n) is 9.22. The van der Waals surface area contributed by atoms with E-state index in [2.05, 4.69) is 32.2 Å². The molecule has 2 heterocycles. The van der Waals surface area contributed by atoms with Gasteiger partial charge in [0, 0.05) is 60.2 Å². The molecule has 2 N–H and O–H groups in total. The highest BCUT2D eigenvalue weighted by Crippen LogP contribution is 2.54. The van der Waals surface area contributed by atoms with E-state index >= 15 is 0 Å². The molecule has 1 aliphatic carbocycles. The number of fused-ring (bicyclic) bond motifs is 1. The molecule has 37 heavy (non-hydrogen) atoms. The SMILES string of the molecule is C/C=C(\C=NC)CC12CC=C(Nc3ccc(F)cc3)C=C1CCNSCC2c1cc(C(F)(F)F)ccn1. The molecule has 2 aliphatic rings. The van der Waals surface area contributed by atoms with Gasteiger partial charge in [0.1, 0.15) is 5.82 Å². The smallest absolute Gasteiger partial charge is 0.356 e. The summed E-state index contributed by atoms with van der Waals surface area (Å²) in [6.45, 7) is 2.69. The third kappa shape index (κ3) is 6.33. The molecule has 1 saturated heterocycles. The Hall–Kier alpha value is -2.91. The van der Waals surface area contributed by atoms with Crippen LogP contribution in [-0.4, -0.2) is 30.5 Å². The Kier molecular flexibility index (Phi) is 8.54. The van der Waals surface area contributed by atoms with Crippen LogP contribution in [0.2, 0.25) is 0 Å². The lowest BCUT2D eigenvalue weighted by Gasteiger charge is -2.46. The van der Waals surface area contributed by atoms with Gasteiger partial charge < -0.3 is 5.32 Å². The van der Waals surface area contributed by atoms with Crippen molar-refractivity contribution in [3.05, 3.63) is 94.7 Å². The van der Waals surface area contributed by atoms with Crippen LogP contribution in [0.4, 0.5) is 23.2 Å². The summed E-state index contributed by atoms with van der Waals surface area (Å²) in [5.74, 6) is -0.0137. The van der Waals surface area contributed by atoms with Crippen molar-refractivity contribution in [1.82, 2.24) is 9.71 Å². The van der Waals surface area contributed by atoms with E-state index < -0.39 is 17.2 Å². The maximum Gasteiger partial charge on any atom is 0.416 e. The number of rotatable bonds is 6. The standard InChI is InChI=1S/C28H30F4N4S/c1-3-19(17-33-2)16-27-11-8-24(36-23-6-4-22(29)5-7-23)14-20(27)10-13-35-37-18-25(27)26-15-21(9-12-34-26)28(30,31)32/h3-9,12,14-15,17,25,35-36H,10-11,13,16,18H2,1-2H3/b19-3-,33-17?. The fourth-order valence-corrected chi connectivity index (χ4v) is 6.11. The maximum absolute atomic E-state index is 13.6. The van der Waals surface area contributed by atoms with Gasteiger partial charge in [-0.3, -0.25) is 14.7 Å². The molecule has 0 spiro atoms. The Morgan fingerprint density at radius 2 is 2.05 bits per heavy atom. The lowest BCUT2D eigenvalue weighted by molar-refractivity contribution is -0.137. The van der Waals surface area contributed by atoms with Gasteiger partial charge in [0.15, 0.2) is 0 Å². The zero-order valence-corrected chi connectivity index (χ0v) is 21.6. The fraction of sp³-hybridized carbons (Fsp3) is 0.357. The first-order valence-electron chi connectivity index (χ1n) is 12.1. The van der Waals surface area contributed by atoms with Crippen molar-refractivity contribution in [3.63, 3.8) is 0 Å². The third-order valence-electron chi connectivity index (χ3n) is 6.95. The summed E-state index contributed by atoms with van der Waals surface area (Å²) in [6, 6.07) is 8.38. The summed E-state index contributed by atoms with van der Waals surface area (Å²) in [7, 11) is 1.72. The third-order valence-corrected chi connectivity index (χ3v) is 7.86. The lowest BCUT2D eigenvalue weighted by atomic mass is 9.61. The highest BCUT2D eigenvalue weighted by atomic mass is 32.2. The molecule has 4 rings (SSSR count). The Labute approximate surface area is 219 Å². The van der Waals surface area contributed by atoms with E-state index in [1.54, 1.807) is 19.2 Å². The quantitative estimate of drug-likeness (QED) is 0.234. The summed E-state index contributed by atoms with van der Waals surface area (Å²) in [5.41, 5.74) is 3.07. The van der Waals surface area contributed by atoms with Crippen LogP contribution in [0.5, 0.6) is 0 Å². The van der Waals surface area contributed by atoms with Gasteiger partial charge >= 0.3 is 6.18 Å². The first-order chi connectivity index (χ1) is 17.7. The van der Waals surface area contributed by atoms with Crippen molar-refractivity contribution in [2.75, 3.05) is 24.7 Å². The number of nitrogens with zero attached hydrogens (tertiary/aromatic N) is 2. The minimum Gasteiger partial charge on any atom is -0.356 e. The van der Waals surface area contributed by atoms with Crippen LogP contribution in [0, 0.1) is 11.2 Å². The summed E-state index contributed by atoms with van der Waals surface area (Å²) in [5, 5.41) is 3.36. The molecule has 0 bridgehead atoms. The first kappa shape index (κ1) is 27.1. The second-order valence-corrected chi connectivity index (χ2v) is 10.1. The molecule has 0 saturated carbocycles. The van der Waals surface area contributed by atoms with Gasteiger partial charge in [0.25, 0.3) is 0 Å². The van der Waals surface area contributed by atoms with Crippen molar-refractivity contribution < 1.29 is 17.6 Å². The Morgan fingerprint density at radius 1 is 1.27 bits per heavy atom. The number of nitrogens with one attached hydrogen (secondary N) is 2. The fourth-order valence-electron chi connectivity index (χ4n) is 5.09. The monoisotopic (exact) mass is 530 g/mol. The number of benzene rings is 1. The number of alkyl halides is 3. The summed E-state index contributed by atoms with van der Waals surface area (Å²) >= 11 is 1.53. The molecular weight excluding hydrogens is 500 g/mol. The van der Waals surface area contributed by atoms with Crippen molar-refractivity contribution in [3.8, 4) is 0 Å². The number of anilines is 1. The van der Waals surface area contributed by atoms with Crippen molar-refractivity contribution in [2.45, 2.75) is 38.3 Å². The van der Waals surface area contributed by atoms with E-state index in [1.165, 1.54) is 36.3 Å². The Morgan fingerprint density at radius 3 is 2.76 bits per heavy atom. The van der Waals surface area contributed by atoms with Gasteiger partial charge in [-0.1, -0.05) is 29.7 Å². The molecule has 0 radical (unpaired) electrons. The number of allylic oxidation sites excluding steroid dienone is 4. The highest BCUT2D eigenvalue weighted by molar-refractivity contribution is 7.97. The van der Waals surface area contributed by atoms with Crippen LogP contribution in [0.1, 0.15) is 43.4 Å². The molecule has 2 unspecified atom stereocenters. The lowest BCUT2D eigenvalue weighted by Crippen LogP contribution is -2.38. The van der Waals surface area contributed by atoms with Crippen LogP contribution < -0.4 is 10.0 Å². The second kappa shape index (κ2) is 11.6. The van der Waals surface area contributed by atoms with Gasteiger partial charge in [0.05, 0.1) is 5.56 Å². The average molecular weight is 531 g/mol. The van der Waals surface area contributed by atoms with Gasteiger partial charge in [0.2, 0.25) is 0 Å². The largest absolute Gasteiger partial charge is 0.416 e. The van der Waals surface area contributed by atoms with Gasteiger partial charge in [-0.05, 0) is 74.2 Å². The summed E-state index contributed by atoms with van der Waals surface area (Å²) < 4.78 is 57.6. The van der Waals surface area contributed by atoms with Gasteiger partial charge in [-0.15, -0.1) is 0 Å². The van der Waals surface area contributed by atoms with E-state index in [0.29, 0.717) is 24.3 Å². The Balaban J connectivity index is 1.80. The molecule has 9 heteroatoms. The van der Waals surface area contributed by atoms with Crippen molar-refractivity contribution in [1.29, 1.82) is 0 Å². The van der Waals surface area contributed by atoms with Crippen molar-refractivity contribution >= 4 is 23.8 Å². The van der Waals surface area contributed by atoms with Crippen LogP contribution in [-0.2, 0) is 6.18 Å². The topological polar surface area (TPSA) is 49.3 Å². The molecule has 0 amide bonds. The molecule has 1 fully saturated rings. The molecule has 1 aromatic carbocycles. The molecular formula is C28H30F4N4S. The van der Waals surface area contributed by atoms with E-state index in [9.17, 15) is 17.6 Å². The van der Waals surface area contributed by atoms with Crippen molar-refractivity contribution in [2.24, 2.45) is 10.4 Å². The summed E-state index contributed by atoms with van der Waals surface area (Å²) in [6.07, 6.45) is 6.79. The number of hydrogen-bond donors (Lipinski definition) is 2. The number of hydrogen-bond acceptors (Lipinski definition) is 5. The number of aliphatic imine (C=N–C) groups is 1. The molecule has 2 aromatic rings. The number of pyridine rings is 1. The molecule has 1 aliphatic heterocycles. The van der Waals surface area contributed by atoms with Crippen LogP contribution in [0.15, 0.2) is 82.7 Å². The number of aromatic nitrogens is 1. The zero-order valence-electron chi connectivity index (χ0n) is 20.8. The normalized spacial score (nSPS) is 23.1. The molecule has 196 valence electrons. The minimum absolute atomic E-state index is 0.275. The minimum atomic E-state index is -4.45. The predicted molar refractivity (Wildman–Crippen MR) is 143 cm³/mol. The van der Waals surface area contributed by atoms with Gasteiger partial charge in [-0.2, -0.15) is 13.2 Å². The van der Waals surface area contributed by atoms with E-state index in [0.717, 1.165) is 41.6 Å².